The topological polar surface area (TPSA) is 21.6 Å². The molecule has 25 heavy (non-hydrogen) atoms. The Labute approximate surface area is 154 Å². The lowest BCUT2D eigenvalue weighted by molar-refractivity contribution is 0.0268. The van der Waals surface area contributed by atoms with Crippen LogP contribution in [0.15, 0.2) is 58.9 Å². The van der Waals surface area contributed by atoms with Crippen molar-refractivity contribution in [3.63, 3.8) is 0 Å². The Hall–Kier alpha value is -2.01. The van der Waals surface area contributed by atoms with E-state index in [2.05, 4.69) is 24.0 Å². The summed E-state index contributed by atoms with van der Waals surface area (Å²) in [4.78, 5) is 5.65. The van der Waals surface area contributed by atoms with Crippen molar-refractivity contribution in [2.45, 2.75) is 12.5 Å². The Kier molecular flexibility index (Phi) is 4.20. The van der Waals surface area contributed by atoms with Gasteiger partial charge in [-0.25, -0.2) is 4.39 Å². The molecule has 2 aromatic carbocycles. The predicted molar refractivity (Wildman–Crippen MR) is 102 cm³/mol. The highest BCUT2D eigenvalue weighted by molar-refractivity contribution is 7.10. The van der Waals surface area contributed by atoms with Crippen molar-refractivity contribution in [3.8, 4) is 11.1 Å². The zero-order chi connectivity index (χ0) is 17.4. The van der Waals surface area contributed by atoms with Crippen LogP contribution in [0.4, 0.5) is 10.1 Å². The van der Waals surface area contributed by atoms with Gasteiger partial charge in [0.05, 0.1) is 17.3 Å². The molecule has 126 valence electrons. The third-order valence-electron chi connectivity index (χ3n) is 4.43. The minimum Gasteiger partial charge on any atom is -0.359 e. The van der Waals surface area contributed by atoms with Crippen LogP contribution in [-0.2, 0) is 10.3 Å². The van der Waals surface area contributed by atoms with Gasteiger partial charge in [-0.15, -0.1) is 11.3 Å². The minimum absolute atomic E-state index is 0.114. The van der Waals surface area contributed by atoms with Crippen molar-refractivity contribution < 1.29 is 9.13 Å². The molecule has 2 heterocycles. The molecule has 0 saturated heterocycles. The van der Waals surface area contributed by atoms with Gasteiger partial charge in [0, 0.05) is 16.7 Å². The SMILES string of the molecule is CC1(c2cccs2)OCC=Nc2ccc(-c3ccc(F)c(Cl)c3)cc21. The van der Waals surface area contributed by atoms with Gasteiger partial charge < -0.3 is 4.74 Å². The molecule has 4 rings (SSSR count). The van der Waals surface area contributed by atoms with E-state index in [0.29, 0.717) is 6.61 Å². The van der Waals surface area contributed by atoms with Gasteiger partial charge in [-0.2, -0.15) is 0 Å². The first-order valence-corrected chi connectivity index (χ1v) is 9.14. The lowest BCUT2D eigenvalue weighted by atomic mass is 9.89. The highest BCUT2D eigenvalue weighted by Crippen LogP contribution is 2.43. The van der Waals surface area contributed by atoms with Gasteiger partial charge in [-0.1, -0.05) is 29.8 Å². The Bertz CT molecular complexity index is 954. The number of rotatable bonds is 2. The van der Waals surface area contributed by atoms with Crippen LogP contribution in [0.2, 0.25) is 5.02 Å². The molecule has 0 amide bonds. The second-order valence-electron chi connectivity index (χ2n) is 5.99. The second-order valence-corrected chi connectivity index (χ2v) is 7.35. The summed E-state index contributed by atoms with van der Waals surface area (Å²) in [6.07, 6.45) is 1.78. The van der Waals surface area contributed by atoms with Crippen molar-refractivity contribution in [1.29, 1.82) is 0 Å². The van der Waals surface area contributed by atoms with Gasteiger partial charge in [0.1, 0.15) is 11.4 Å². The molecule has 0 N–H and O–H groups in total. The number of halogens is 2. The molecule has 1 aliphatic heterocycles. The number of nitrogens with zero attached hydrogens (tertiary/aromatic N) is 1. The van der Waals surface area contributed by atoms with Crippen LogP contribution >= 0.6 is 22.9 Å². The minimum atomic E-state index is -0.583. The second kappa shape index (κ2) is 6.37. The Morgan fingerprint density at radius 3 is 2.72 bits per heavy atom. The van der Waals surface area contributed by atoms with Gasteiger partial charge in [0.15, 0.2) is 0 Å². The molecule has 1 unspecified atom stereocenters. The molecular weight excluding hydrogens is 357 g/mol. The fourth-order valence-corrected chi connectivity index (χ4v) is 4.09. The molecule has 1 aromatic heterocycles. The number of aliphatic imine (C=N–C) groups is 1. The van der Waals surface area contributed by atoms with E-state index in [-0.39, 0.29) is 5.02 Å². The highest BCUT2D eigenvalue weighted by atomic mass is 35.5. The monoisotopic (exact) mass is 371 g/mol. The first kappa shape index (κ1) is 16.5. The molecule has 1 aliphatic rings. The Morgan fingerprint density at radius 1 is 1.16 bits per heavy atom. The summed E-state index contributed by atoms with van der Waals surface area (Å²) < 4.78 is 19.7. The van der Waals surface area contributed by atoms with Crippen molar-refractivity contribution in [2.24, 2.45) is 4.99 Å². The Morgan fingerprint density at radius 2 is 1.96 bits per heavy atom. The molecular formula is C20H15ClFNOS. The summed E-state index contributed by atoms with van der Waals surface area (Å²) in [7, 11) is 0. The first-order valence-electron chi connectivity index (χ1n) is 7.88. The average molecular weight is 372 g/mol. The molecule has 1 atom stereocenters. The van der Waals surface area contributed by atoms with E-state index in [1.807, 2.05) is 23.6 Å². The standard InChI is InChI=1S/C20H15ClFNOS/c1-20(19-3-2-10-25-19)15-11-13(5-7-18(15)23-8-9-24-20)14-4-6-17(22)16(21)12-14/h2-8,10-12H,9H2,1H3. The van der Waals surface area contributed by atoms with Crippen molar-refractivity contribution in [3.05, 3.63) is 75.2 Å². The normalized spacial score (nSPS) is 19.5. The van der Waals surface area contributed by atoms with Crippen LogP contribution in [0.3, 0.4) is 0 Å². The predicted octanol–water partition coefficient (Wildman–Crippen LogP) is 6.20. The fourth-order valence-electron chi connectivity index (χ4n) is 3.06. The highest BCUT2D eigenvalue weighted by Gasteiger charge is 2.34. The molecule has 2 nitrogen and oxygen atoms in total. The van der Waals surface area contributed by atoms with Crippen LogP contribution in [0.1, 0.15) is 17.4 Å². The van der Waals surface area contributed by atoms with E-state index < -0.39 is 11.4 Å². The third kappa shape index (κ3) is 2.91. The number of benzene rings is 2. The van der Waals surface area contributed by atoms with Crippen molar-refractivity contribution >= 4 is 34.8 Å². The van der Waals surface area contributed by atoms with E-state index in [1.54, 1.807) is 29.7 Å². The average Bonchev–Trinajstić information content (AvgIpc) is 3.11. The summed E-state index contributed by atoms with van der Waals surface area (Å²) in [5.41, 5.74) is 3.09. The lowest BCUT2D eigenvalue weighted by Gasteiger charge is -2.29. The largest absolute Gasteiger partial charge is 0.359 e. The van der Waals surface area contributed by atoms with E-state index in [9.17, 15) is 4.39 Å². The number of thiophene rings is 1. The molecule has 0 spiro atoms. The number of fused-ring (bicyclic) bond motifs is 1. The van der Waals surface area contributed by atoms with Crippen molar-refractivity contribution in [1.82, 2.24) is 0 Å². The third-order valence-corrected chi connectivity index (χ3v) is 5.79. The number of hydrogen-bond acceptors (Lipinski definition) is 3. The molecule has 0 saturated carbocycles. The maximum atomic E-state index is 13.5. The number of hydrogen-bond donors (Lipinski definition) is 0. The van der Waals surface area contributed by atoms with E-state index >= 15 is 0 Å². The van der Waals surface area contributed by atoms with E-state index in [1.165, 1.54) is 6.07 Å². The molecule has 0 radical (unpaired) electrons. The van der Waals surface area contributed by atoms with Crippen LogP contribution in [0.5, 0.6) is 0 Å². The van der Waals surface area contributed by atoms with Crippen LogP contribution in [0.25, 0.3) is 11.1 Å². The maximum absolute atomic E-state index is 13.5. The molecule has 3 aromatic rings. The van der Waals surface area contributed by atoms with Gasteiger partial charge in [0.25, 0.3) is 0 Å². The molecule has 0 bridgehead atoms. The summed E-state index contributed by atoms with van der Waals surface area (Å²) in [5.74, 6) is -0.420. The molecule has 5 heteroatoms. The lowest BCUT2D eigenvalue weighted by Crippen LogP contribution is -2.26. The molecule has 0 aliphatic carbocycles. The van der Waals surface area contributed by atoms with Crippen LogP contribution in [-0.4, -0.2) is 12.8 Å². The zero-order valence-electron chi connectivity index (χ0n) is 13.5. The summed E-state index contributed by atoms with van der Waals surface area (Å²) >= 11 is 7.60. The Balaban J connectivity index is 1.88. The molecule has 0 fully saturated rings. The van der Waals surface area contributed by atoms with Crippen LogP contribution < -0.4 is 0 Å². The maximum Gasteiger partial charge on any atom is 0.141 e. The van der Waals surface area contributed by atoms with Gasteiger partial charge >= 0.3 is 0 Å². The summed E-state index contributed by atoms with van der Waals surface area (Å²) in [5, 5.41) is 2.15. The van der Waals surface area contributed by atoms with Gasteiger partial charge in [-0.3, -0.25) is 4.99 Å². The summed E-state index contributed by atoms with van der Waals surface area (Å²) in [6, 6.07) is 14.8. The van der Waals surface area contributed by atoms with E-state index in [4.69, 9.17) is 16.3 Å². The smallest absolute Gasteiger partial charge is 0.141 e. The van der Waals surface area contributed by atoms with Crippen LogP contribution in [0, 0.1) is 5.82 Å². The first-order chi connectivity index (χ1) is 12.1. The zero-order valence-corrected chi connectivity index (χ0v) is 15.1. The van der Waals surface area contributed by atoms with Crippen molar-refractivity contribution in [2.75, 3.05) is 6.61 Å². The fraction of sp³-hybridized carbons (Fsp3) is 0.150. The quantitative estimate of drug-likeness (QED) is 0.525. The van der Waals surface area contributed by atoms with Gasteiger partial charge in [-0.05, 0) is 53.8 Å². The van der Waals surface area contributed by atoms with E-state index in [0.717, 1.165) is 27.3 Å². The van der Waals surface area contributed by atoms with Gasteiger partial charge in [0.2, 0.25) is 0 Å². The summed E-state index contributed by atoms with van der Waals surface area (Å²) in [6.45, 7) is 2.51. The number of ether oxygens (including phenoxy) is 1.